The third kappa shape index (κ3) is 4.94. The quantitative estimate of drug-likeness (QED) is 0.276. The monoisotopic (exact) mass is 439 g/mol. The molecule has 1 unspecified atom stereocenters. The normalized spacial score (nSPS) is 17.8. The Morgan fingerprint density at radius 1 is 1.06 bits per heavy atom. The fourth-order valence-electron chi connectivity index (χ4n) is 3.77. The molecule has 1 aliphatic rings. The maximum atomic E-state index is 13.0. The lowest BCUT2D eigenvalue weighted by atomic mass is 9.95. The van der Waals surface area contributed by atoms with E-state index < -0.39 is 17.7 Å². The van der Waals surface area contributed by atoms with Gasteiger partial charge in [-0.15, -0.1) is 0 Å². The zero-order valence-corrected chi connectivity index (χ0v) is 18.8. The van der Waals surface area contributed by atoms with E-state index in [1.54, 1.807) is 62.8 Å². The van der Waals surface area contributed by atoms with Gasteiger partial charge in [-0.1, -0.05) is 24.3 Å². The minimum absolute atomic E-state index is 0.0435. The maximum absolute atomic E-state index is 13.0. The molecule has 1 saturated heterocycles. The van der Waals surface area contributed by atoms with Crippen molar-refractivity contribution in [3.63, 3.8) is 0 Å². The Morgan fingerprint density at radius 2 is 1.78 bits per heavy atom. The summed E-state index contributed by atoms with van der Waals surface area (Å²) in [5, 5.41) is 11.2. The molecular weight excluding hydrogens is 410 g/mol. The van der Waals surface area contributed by atoms with Crippen molar-refractivity contribution in [3.05, 3.63) is 65.2 Å². The van der Waals surface area contributed by atoms with E-state index in [0.717, 1.165) is 0 Å². The van der Waals surface area contributed by atoms with Crippen molar-refractivity contribution in [1.82, 2.24) is 4.90 Å². The summed E-state index contributed by atoms with van der Waals surface area (Å²) in [6, 6.07) is 13.3. The van der Waals surface area contributed by atoms with Crippen molar-refractivity contribution in [2.24, 2.45) is 0 Å². The number of carbonyl (C=O) groups is 2. The molecule has 1 atom stereocenters. The van der Waals surface area contributed by atoms with E-state index in [-0.39, 0.29) is 17.4 Å². The smallest absolute Gasteiger partial charge is 0.295 e. The molecule has 0 bridgehead atoms. The molecular formula is C25H29NO6. The summed E-state index contributed by atoms with van der Waals surface area (Å²) >= 11 is 0. The second-order valence-corrected chi connectivity index (χ2v) is 7.81. The van der Waals surface area contributed by atoms with Crippen molar-refractivity contribution >= 4 is 17.4 Å². The third-order valence-corrected chi connectivity index (χ3v) is 5.20. The largest absolute Gasteiger partial charge is 0.507 e. The second kappa shape index (κ2) is 10.3. The Hall–Kier alpha value is -3.32. The third-order valence-electron chi connectivity index (χ3n) is 5.20. The number of hydrogen-bond donors (Lipinski definition) is 1. The van der Waals surface area contributed by atoms with Crippen molar-refractivity contribution in [2.75, 3.05) is 27.4 Å². The number of benzene rings is 2. The van der Waals surface area contributed by atoms with Crippen LogP contribution >= 0.6 is 0 Å². The first kappa shape index (κ1) is 23.3. The summed E-state index contributed by atoms with van der Waals surface area (Å²) < 4.78 is 16.1. The Labute approximate surface area is 188 Å². The van der Waals surface area contributed by atoms with Gasteiger partial charge in [0.1, 0.15) is 17.3 Å². The molecule has 1 aliphatic heterocycles. The van der Waals surface area contributed by atoms with Crippen molar-refractivity contribution in [3.8, 4) is 11.5 Å². The van der Waals surface area contributed by atoms with Crippen LogP contribution in [-0.4, -0.2) is 55.2 Å². The molecule has 1 fully saturated rings. The van der Waals surface area contributed by atoms with Gasteiger partial charge in [0.15, 0.2) is 0 Å². The van der Waals surface area contributed by atoms with Crippen LogP contribution in [0.3, 0.4) is 0 Å². The molecule has 32 heavy (non-hydrogen) atoms. The fourth-order valence-corrected chi connectivity index (χ4v) is 3.77. The summed E-state index contributed by atoms with van der Waals surface area (Å²) in [6.07, 6.45) is 0.520. The average molecular weight is 440 g/mol. The zero-order chi connectivity index (χ0) is 23.3. The number of ketones is 1. The SMILES string of the molecule is COCCCN1C(=O)C(=O)/C(=C(\O)c2cccc(OC(C)C)c2)C1c1ccc(OC)cc1. The van der Waals surface area contributed by atoms with Gasteiger partial charge in [-0.05, 0) is 50.1 Å². The number of amides is 1. The first-order chi connectivity index (χ1) is 15.4. The van der Waals surface area contributed by atoms with E-state index in [4.69, 9.17) is 14.2 Å². The summed E-state index contributed by atoms with van der Waals surface area (Å²) in [4.78, 5) is 27.4. The minimum atomic E-state index is -0.715. The molecule has 0 aromatic heterocycles. The topological polar surface area (TPSA) is 85.3 Å². The molecule has 3 rings (SSSR count). The Morgan fingerprint density at radius 3 is 2.41 bits per heavy atom. The van der Waals surface area contributed by atoms with Gasteiger partial charge in [-0.2, -0.15) is 0 Å². The van der Waals surface area contributed by atoms with Crippen molar-refractivity contribution in [1.29, 1.82) is 0 Å². The number of nitrogens with zero attached hydrogens (tertiary/aromatic N) is 1. The van der Waals surface area contributed by atoms with Crippen LogP contribution in [0.25, 0.3) is 5.76 Å². The molecule has 1 amide bonds. The van der Waals surface area contributed by atoms with E-state index in [0.29, 0.717) is 42.2 Å². The number of rotatable bonds is 9. The number of hydrogen-bond acceptors (Lipinski definition) is 6. The molecule has 170 valence electrons. The summed E-state index contributed by atoms with van der Waals surface area (Å²) in [7, 11) is 3.15. The van der Waals surface area contributed by atoms with Crippen LogP contribution in [0.15, 0.2) is 54.1 Å². The van der Waals surface area contributed by atoms with Crippen LogP contribution in [0.4, 0.5) is 0 Å². The molecule has 2 aromatic carbocycles. The number of carbonyl (C=O) groups excluding carboxylic acids is 2. The van der Waals surface area contributed by atoms with E-state index in [1.165, 1.54) is 4.90 Å². The molecule has 1 N–H and O–H groups in total. The summed E-state index contributed by atoms with van der Waals surface area (Å²) in [5.41, 5.74) is 1.18. The predicted octanol–water partition coefficient (Wildman–Crippen LogP) is 3.94. The Balaban J connectivity index is 2.09. The number of aliphatic hydroxyl groups excluding tert-OH is 1. The minimum Gasteiger partial charge on any atom is -0.507 e. The standard InChI is InChI=1S/C25H29NO6/c1-16(2)32-20-8-5-7-18(15-20)23(27)21-22(17-9-11-19(31-4)12-10-17)26(13-6-14-30-3)25(29)24(21)28/h5,7-12,15-16,22,27H,6,13-14H2,1-4H3/b23-21-. The fraction of sp³-hybridized carbons (Fsp3) is 0.360. The van der Waals surface area contributed by atoms with Crippen LogP contribution in [0.1, 0.15) is 37.4 Å². The number of aliphatic hydroxyl groups is 1. The van der Waals surface area contributed by atoms with Gasteiger partial charge >= 0.3 is 0 Å². The molecule has 7 nitrogen and oxygen atoms in total. The Kier molecular flexibility index (Phi) is 7.53. The van der Waals surface area contributed by atoms with Crippen LogP contribution in [0, 0.1) is 0 Å². The summed E-state index contributed by atoms with van der Waals surface area (Å²) in [5.74, 6) is -0.357. The van der Waals surface area contributed by atoms with Gasteiger partial charge in [0.2, 0.25) is 0 Å². The van der Waals surface area contributed by atoms with Gasteiger partial charge in [0.05, 0.1) is 24.8 Å². The van der Waals surface area contributed by atoms with E-state index >= 15 is 0 Å². The molecule has 7 heteroatoms. The number of methoxy groups -OCH3 is 2. The molecule has 1 heterocycles. The van der Waals surface area contributed by atoms with Gasteiger partial charge in [0, 0.05) is 25.8 Å². The first-order valence-electron chi connectivity index (χ1n) is 10.6. The van der Waals surface area contributed by atoms with Gasteiger partial charge < -0.3 is 24.2 Å². The lowest BCUT2D eigenvalue weighted by Crippen LogP contribution is -2.31. The highest BCUT2D eigenvalue weighted by Crippen LogP contribution is 2.40. The highest BCUT2D eigenvalue weighted by molar-refractivity contribution is 6.46. The lowest BCUT2D eigenvalue weighted by molar-refractivity contribution is -0.140. The molecule has 2 aromatic rings. The van der Waals surface area contributed by atoms with Gasteiger partial charge in [0.25, 0.3) is 11.7 Å². The van der Waals surface area contributed by atoms with Crippen molar-refractivity contribution in [2.45, 2.75) is 32.4 Å². The summed E-state index contributed by atoms with van der Waals surface area (Å²) in [6.45, 7) is 4.58. The molecule has 0 spiro atoms. The average Bonchev–Trinajstić information content (AvgIpc) is 3.03. The highest BCUT2D eigenvalue weighted by Gasteiger charge is 2.45. The van der Waals surface area contributed by atoms with Crippen LogP contribution in [0.5, 0.6) is 11.5 Å². The Bertz CT molecular complexity index is 996. The molecule has 0 aliphatic carbocycles. The molecule has 0 saturated carbocycles. The van der Waals surface area contributed by atoms with Crippen LogP contribution in [0.2, 0.25) is 0 Å². The predicted molar refractivity (Wildman–Crippen MR) is 121 cm³/mol. The van der Waals surface area contributed by atoms with Gasteiger partial charge in [-0.3, -0.25) is 9.59 Å². The van der Waals surface area contributed by atoms with Gasteiger partial charge in [-0.25, -0.2) is 0 Å². The van der Waals surface area contributed by atoms with E-state index in [1.807, 2.05) is 13.8 Å². The van der Waals surface area contributed by atoms with Crippen molar-refractivity contribution < 1.29 is 28.9 Å². The second-order valence-electron chi connectivity index (χ2n) is 7.81. The first-order valence-corrected chi connectivity index (χ1v) is 10.6. The van der Waals surface area contributed by atoms with Crippen LogP contribution < -0.4 is 9.47 Å². The van der Waals surface area contributed by atoms with Crippen LogP contribution in [-0.2, 0) is 14.3 Å². The highest BCUT2D eigenvalue weighted by atomic mass is 16.5. The van der Waals surface area contributed by atoms with E-state index in [2.05, 4.69) is 0 Å². The van der Waals surface area contributed by atoms with E-state index in [9.17, 15) is 14.7 Å². The number of likely N-dealkylation sites (tertiary alicyclic amines) is 1. The number of ether oxygens (including phenoxy) is 3. The zero-order valence-electron chi connectivity index (χ0n) is 18.8. The molecule has 0 radical (unpaired) electrons. The number of Topliss-reactive ketones (excluding diaryl/α,β-unsaturated/α-hetero) is 1. The lowest BCUT2D eigenvalue weighted by Gasteiger charge is -2.25. The maximum Gasteiger partial charge on any atom is 0.295 e.